The number of nitrogens with zero attached hydrogens (tertiary/aromatic N) is 12. The molecule has 3 atom stereocenters. The maximum absolute atomic E-state index is 14.8. The Morgan fingerprint density at radius 3 is 0.526 bits per heavy atom. The molecule has 0 radical (unpaired) electrons. The van der Waals surface area contributed by atoms with Crippen LogP contribution in [0.15, 0.2) is 171 Å². The zero-order valence-corrected chi connectivity index (χ0v) is 42.0. The Bertz CT molecular complexity index is 3340. The van der Waals surface area contributed by atoms with Gasteiger partial charge < -0.3 is 14.2 Å². The predicted molar refractivity (Wildman–Crippen MR) is 278 cm³/mol. The van der Waals surface area contributed by atoms with Crippen molar-refractivity contribution >= 4 is 17.9 Å². The predicted octanol–water partition coefficient (Wildman–Crippen LogP) is -4.86. The maximum atomic E-state index is 14.8. The summed E-state index contributed by atoms with van der Waals surface area (Å²) in [7, 11) is 0. The molecule has 0 aliphatic carbocycles. The van der Waals surface area contributed by atoms with Gasteiger partial charge in [0.25, 0.3) is 0 Å². The van der Waals surface area contributed by atoms with Gasteiger partial charge in [-0.2, -0.15) is 0 Å². The zero-order chi connectivity index (χ0) is 58.3. The molecule has 3 unspecified atom stereocenters. The Hall–Kier alpha value is -10.3. The van der Waals surface area contributed by atoms with Crippen LogP contribution in [0.2, 0.25) is 0 Å². The van der Waals surface area contributed by atoms with E-state index in [4.69, 9.17) is 14.2 Å². The number of carbonyl (C=O) groups is 3. The Morgan fingerprint density at radius 2 is 0.397 bits per heavy atom. The zero-order valence-electron chi connectivity index (χ0n) is 42.0. The number of allylic oxidation sites excluding steroid dienone is 6. The molecule has 0 aromatic carbocycles. The van der Waals surface area contributed by atoms with E-state index in [2.05, 4.69) is 59.2 Å². The van der Waals surface area contributed by atoms with E-state index in [0.717, 1.165) is 36.5 Å². The van der Waals surface area contributed by atoms with E-state index in [1.807, 2.05) is 0 Å². The highest BCUT2D eigenvalue weighted by Gasteiger charge is 2.30. The second-order valence-electron chi connectivity index (χ2n) is 16.2. The van der Waals surface area contributed by atoms with Crippen LogP contribution in [0.3, 0.4) is 0 Å². The highest BCUT2D eigenvalue weighted by Crippen LogP contribution is 2.04. The molecule has 0 fully saturated rings. The molecular formula is C48H54N12O18. The molecule has 30 nitrogen and oxygen atoms in total. The number of hydrogen-bond acceptors (Lipinski definition) is 18. The quantitative estimate of drug-likeness (QED) is 0.0204. The van der Waals surface area contributed by atoms with Crippen LogP contribution in [0.4, 0.5) is 0 Å². The van der Waals surface area contributed by atoms with Crippen LogP contribution >= 0.6 is 0 Å². The Labute approximate surface area is 436 Å². The van der Waals surface area contributed by atoms with E-state index in [1.165, 1.54) is 0 Å². The monoisotopic (exact) mass is 1090 g/mol. The van der Waals surface area contributed by atoms with Crippen molar-refractivity contribution in [3.05, 3.63) is 240 Å². The fraction of sp³-hybridized carbons (Fsp3) is 0.312. The summed E-state index contributed by atoms with van der Waals surface area (Å²) in [6.45, 7) is 21.4. The lowest BCUT2D eigenvalue weighted by atomic mass is 10.3. The summed E-state index contributed by atoms with van der Waals surface area (Å²) in [4.78, 5) is 206. The van der Waals surface area contributed by atoms with Crippen molar-refractivity contribution in [3.63, 3.8) is 0 Å². The molecule has 4 heterocycles. The lowest BCUT2D eigenvalue weighted by molar-refractivity contribution is -0.145. The summed E-state index contributed by atoms with van der Waals surface area (Å²) < 4.78 is 21.6. The molecule has 0 aliphatic rings. The molecule has 0 saturated carbocycles. The minimum atomic E-state index is -1.98. The number of aromatic nitrogens is 12. The highest BCUT2D eigenvalue weighted by molar-refractivity contribution is 5.82. The van der Waals surface area contributed by atoms with E-state index >= 15 is 0 Å². The van der Waals surface area contributed by atoms with Crippen LogP contribution in [0, 0.1) is 0 Å². The van der Waals surface area contributed by atoms with Crippen molar-refractivity contribution in [1.29, 1.82) is 0 Å². The van der Waals surface area contributed by atoms with E-state index < -0.39 is 183 Å². The van der Waals surface area contributed by atoms with Crippen LogP contribution in [0.25, 0.3) is 0 Å². The molecule has 0 amide bonds. The van der Waals surface area contributed by atoms with Crippen LogP contribution < -0.4 is 68.3 Å². The number of carbonyl (C=O) groups excluding carboxylic acids is 3. The molecule has 4 rings (SSSR count). The molecule has 78 heavy (non-hydrogen) atoms. The topological polar surface area (TPSA) is 343 Å². The van der Waals surface area contributed by atoms with E-state index in [-0.39, 0.29) is 13.7 Å². The lowest BCUT2D eigenvalue weighted by Crippen LogP contribution is -2.60. The largest absolute Gasteiger partial charge is 0.455 e. The first kappa shape index (κ1) is 60.3. The molecule has 4 aromatic rings. The van der Waals surface area contributed by atoms with Gasteiger partial charge in [-0.15, -0.1) is 39.5 Å². The molecule has 0 N–H and O–H groups in total. The molecule has 414 valence electrons. The van der Waals surface area contributed by atoms with Crippen LogP contribution in [0.1, 0.15) is 0 Å². The average Bonchev–Trinajstić information content (AvgIpc) is 3.42. The van der Waals surface area contributed by atoms with E-state index in [0.29, 0.717) is 59.3 Å². The van der Waals surface area contributed by atoms with Crippen LogP contribution in [-0.4, -0.2) is 91.0 Å². The molecule has 0 spiro atoms. The van der Waals surface area contributed by atoms with Gasteiger partial charge in [-0.3, -0.25) is 0 Å². The second-order valence-corrected chi connectivity index (χ2v) is 16.2. The first-order chi connectivity index (χ1) is 37.0. The van der Waals surface area contributed by atoms with Crippen LogP contribution in [-0.2, 0) is 107 Å². The van der Waals surface area contributed by atoms with Gasteiger partial charge in [0.05, 0.1) is 78.5 Å². The van der Waals surface area contributed by atoms with Gasteiger partial charge in [-0.05, 0) is 0 Å². The SMILES string of the molecule is C=CCn1c(=O)n(CC=C)c(=O)n(CC(Cn2c(=O)n(CC(Cn3c(=O)n(CC=C)c(=O)n(CC=C)c3=O)OC(=O)C=C)c(=O)n(CC(Cn3c(=O)n(CC=C)c(=O)n(CC=C)c3=O)OC(=O)C=C)c2=O)OC(=O)C=C)c1=O. The third-order valence-electron chi connectivity index (χ3n) is 11.1. The maximum Gasteiger partial charge on any atom is 0.336 e. The van der Waals surface area contributed by atoms with Crippen molar-refractivity contribution in [2.24, 2.45) is 0 Å². The molecule has 0 aliphatic heterocycles. The van der Waals surface area contributed by atoms with Gasteiger partial charge in [-0.25, -0.2) is 127 Å². The Balaban J connectivity index is 2.17. The van der Waals surface area contributed by atoms with E-state index in [9.17, 15) is 71.9 Å². The molecule has 4 aromatic heterocycles. The first-order valence-electron chi connectivity index (χ1n) is 23.0. The number of rotatable bonds is 30. The van der Waals surface area contributed by atoms with Gasteiger partial charge in [0.1, 0.15) is 18.3 Å². The third kappa shape index (κ3) is 13.0. The summed E-state index contributed by atoms with van der Waals surface area (Å²) in [6, 6.07) is 0. The fourth-order valence-electron chi connectivity index (χ4n) is 7.63. The first-order valence-corrected chi connectivity index (χ1v) is 23.0. The van der Waals surface area contributed by atoms with E-state index in [1.54, 1.807) is 0 Å². The van der Waals surface area contributed by atoms with Gasteiger partial charge in [-0.1, -0.05) is 56.2 Å². The van der Waals surface area contributed by atoms with Gasteiger partial charge in [0.15, 0.2) is 0 Å². The Kier molecular flexibility index (Phi) is 20.7. The summed E-state index contributed by atoms with van der Waals surface area (Å²) in [6.07, 6.45) is 2.78. The minimum Gasteiger partial charge on any atom is -0.455 e. The summed E-state index contributed by atoms with van der Waals surface area (Å²) in [5, 5.41) is 0. The number of esters is 3. The fourth-order valence-corrected chi connectivity index (χ4v) is 7.63. The number of hydrogen-bond donors (Lipinski definition) is 0. The summed E-state index contributed by atoms with van der Waals surface area (Å²) in [5.41, 5.74) is -16.0. The smallest absolute Gasteiger partial charge is 0.336 e. The van der Waals surface area contributed by atoms with Crippen molar-refractivity contribution in [3.8, 4) is 0 Å². The lowest BCUT2D eigenvalue weighted by Gasteiger charge is -2.24. The number of ether oxygens (including phenoxy) is 3. The van der Waals surface area contributed by atoms with Gasteiger partial charge in [0.2, 0.25) is 0 Å². The highest BCUT2D eigenvalue weighted by atomic mass is 16.6. The molecule has 0 saturated heterocycles. The average molecular weight is 1090 g/mol. The minimum absolute atomic E-state index is 0.204. The third-order valence-corrected chi connectivity index (χ3v) is 11.1. The van der Waals surface area contributed by atoms with Crippen molar-refractivity contribution in [2.45, 2.75) is 96.8 Å². The van der Waals surface area contributed by atoms with Crippen molar-refractivity contribution in [1.82, 2.24) is 54.8 Å². The van der Waals surface area contributed by atoms with Gasteiger partial charge >= 0.3 is 86.2 Å². The standard InChI is InChI=1S/C48H54N12O18/c1-10-19-49-37(64)50(20-11-2)41(68)55(40(49)67)25-31(76-34(61)16-7)28-58-46(73)59(29-32(77-35(62)17-8)26-56-42(69)51(21-12-3)38(65)52(22-13-4)43(56)70)48(75)60(47(58)74)30-33(78-36(63)18-9)27-57-44(71)53(23-14-5)39(66)54(24-15-6)45(57)72/h10-18,31-33H,1-9,19-30H2. The van der Waals surface area contributed by atoms with Crippen molar-refractivity contribution in [2.75, 3.05) is 0 Å². The molecule has 0 bridgehead atoms. The van der Waals surface area contributed by atoms with Gasteiger partial charge in [0, 0.05) is 18.2 Å². The second kappa shape index (κ2) is 26.8. The van der Waals surface area contributed by atoms with Crippen LogP contribution in [0.5, 0.6) is 0 Å². The summed E-state index contributed by atoms with van der Waals surface area (Å²) in [5.74, 6) is -3.82. The Morgan fingerprint density at radius 1 is 0.269 bits per heavy atom. The van der Waals surface area contributed by atoms with Crippen molar-refractivity contribution < 1.29 is 28.6 Å². The summed E-state index contributed by atoms with van der Waals surface area (Å²) >= 11 is 0. The molecule has 30 heteroatoms. The normalized spacial score (nSPS) is 12.0. The molecular weight excluding hydrogens is 1030 g/mol.